The highest BCUT2D eigenvalue weighted by Crippen LogP contribution is 2.39. The first-order valence-electron chi connectivity index (χ1n) is 7.13. The minimum atomic E-state index is -0.634. The van der Waals surface area contributed by atoms with Gasteiger partial charge in [0.2, 0.25) is 5.91 Å². The first kappa shape index (κ1) is 13.7. The fourth-order valence-electron chi connectivity index (χ4n) is 3.00. The number of amides is 1. The lowest BCUT2D eigenvalue weighted by atomic mass is 9.88. The first-order valence-corrected chi connectivity index (χ1v) is 7.50. The number of nitrogens with one attached hydrogen (secondary N) is 1. The second-order valence-corrected chi connectivity index (χ2v) is 6.16. The molecule has 2 aliphatic rings. The van der Waals surface area contributed by atoms with Gasteiger partial charge in [0.25, 0.3) is 0 Å². The SMILES string of the molecule is CC1CCCCC1Oc1cc2c(cc1Cl)C(N)C(=O)N2. The molecule has 3 unspecified atom stereocenters. The zero-order chi connectivity index (χ0) is 14.3. The molecule has 1 aliphatic carbocycles. The quantitative estimate of drug-likeness (QED) is 0.880. The summed E-state index contributed by atoms with van der Waals surface area (Å²) in [6.45, 7) is 2.21. The fraction of sp³-hybridized carbons (Fsp3) is 0.533. The van der Waals surface area contributed by atoms with Crippen LogP contribution in [-0.4, -0.2) is 12.0 Å². The lowest BCUT2D eigenvalue weighted by Gasteiger charge is -2.29. The van der Waals surface area contributed by atoms with E-state index < -0.39 is 6.04 Å². The van der Waals surface area contributed by atoms with Crippen molar-refractivity contribution in [1.29, 1.82) is 0 Å². The third-order valence-electron chi connectivity index (χ3n) is 4.29. The molecular formula is C15H19ClN2O2. The maximum absolute atomic E-state index is 11.6. The molecule has 1 aromatic carbocycles. The molecule has 3 N–H and O–H groups in total. The highest BCUT2D eigenvalue weighted by molar-refractivity contribution is 6.32. The summed E-state index contributed by atoms with van der Waals surface area (Å²) in [6, 6.07) is 2.90. The minimum Gasteiger partial charge on any atom is -0.489 e. The van der Waals surface area contributed by atoms with E-state index in [9.17, 15) is 4.79 Å². The number of nitrogens with two attached hydrogens (primary N) is 1. The predicted octanol–water partition coefficient (Wildman–Crippen LogP) is 3.25. The van der Waals surface area contributed by atoms with Gasteiger partial charge in [-0.05, 0) is 31.2 Å². The second kappa shape index (κ2) is 5.26. The summed E-state index contributed by atoms with van der Waals surface area (Å²) in [6.07, 6.45) is 4.91. The van der Waals surface area contributed by atoms with E-state index in [1.54, 1.807) is 12.1 Å². The average molecular weight is 295 g/mol. The van der Waals surface area contributed by atoms with E-state index in [2.05, 4.69) is 12.2 Å². The summed E-state index contributed by atoms with van der Waals surface area (Å²) in [4.78, 5) is 11.6. The Morgan fingerprint density at radius 3 is 2.85 bits per heavy atom. The Hall–Kier alpha value is -1.26. The Balaban J connectivity index is 1.84. The number of carbonyl (C=O) groups is 1. The van der Waals surface area contributed by atoms with Gasteiger partial charge in [-0.15, -0.1) is 0 Å². The number of fused-ring (bicyclic) bond motifs is 1. The van der Waals surface area contributed by atoms with E-state index in [0.29, 0.717) is 22.4 Å². The van der Waals surface area contributed by atoms with Gasteiger partial charge in [0.05, 0.1) is 5.02 Å². The summed E-state index contributed by atoms with van der Waals surface area (Å²) in [7, 11) is 0. The average Bonchev–Trinajstić information content (AvgIpc) is 2.69. The van der Waals surface area contributed by atoms with Crippen molar-refractivity contribution in [3.8, 4) is 5.75 Å². The molecule has 1 saturated carbocycles. The fourth-order valence-corrected chi connectivity index (χ4v) is 3.21. The largest absolute Gasteiger partial charge is 0.489 e. The Bertz CT molecular complexity index is 547. The molecule has 1 amide bonds. The van der Waals surface area contributed by atoms with Gasteiger partial charge in [-0.3, -0.25) is 4.79 Å². The Kier molecular flexibility index (Phi) is 3.61. The molecule has 0 bridgehead atoms. The van der Waals surface area contributed by atoms with Gasteiger partial charge in [-0.25, -0.2) is 0 Å². The molecule has 20 heavy (non-hydrogen) atoms. The number of anilines is 1. The summed E-state index contributed by atoms with van der Waals surface area (Å²) in [5.74, 6) is 0.975. The highest BCUT2D eigenvalue weighted by Gasteiger charge is 2.30. The van der Waals surface area contributed by atoms with E-state index in [0.717, 1.165) is 12.0 Å². The molecule has 108 valence electrons. The predicted molar refractivity (Wildman–Crippen MR) is 79.1 cm³/mol. The van der Waals surface area contributed by atoms with Gasteiger partial charge in [0, 0.05) is 17.3 Å². The van der Waals surface area contributed by atoms with Crippen molar-refractivity contribution in [3.05, 3.63) is 22.7 Å². The molecule has 3 rings (SSSR count). The van der Waals surface area contributed by atoms with E-state index in [1.165, 1.54) is 19.3 Å². The second-order valence-electron chi connectivity index (χ2n) is 5.75. The molecule has 1 fully saturated rings. The highest BCUT2D eigenvalue weighted by atomic mass is 35.5. The van der Waals surface area contributed by atoms with E-state index in [-0.39, 0.29) is 12.0 Å². The number of halogens is 1. The van der Waals surface area contributed by atoms with Crippen molar-refractivity contribution >= 4 is 23.2 Å². The van der Waals surface area contributed by atoms with Crippen molar-refractivity contribution in [2.24, 2.45) is 11.7 Å². The number of hydrogen-bond donors (Lipinski definition) is 2. The lowest BCUT2D eigenvalue weighted by molar-refractivity contribution is -0.116. The maximum atomic E-state index is 11.6. The van der Waals surface area contributed by atoms with Crippen molar-refractivity contribution < 1.29 is 9.53 Å². The molecule has 0 saturated heterocycles. The van der Waals surface area contributed by atoms with Gasteiger partial charge >= 0.3 is 0 Å². The minimum absolute atomic E-state index is 0.195. The molecule has 3 atom stereocenters. The number of benzene rings is 1. The Labute approximate surface area is 123 Å². The van der Waals surface area contributed by atoms with Gasteiger partial charge in [0.1, 0.15) is 17.9 Å². The van der Waals surface area contributed by atoms with Gasteiger partial charge in [0.15, 0.2) is 0 Å². The Morgan fingerprint density at radius 1 is 1.35 bits per heavy atom. The third kappa shape index (κ3) is 2.38. The molecule has 1 aliphatic heterocycles. The van der Waals surface area contributed by atoms with Crippen LogP contribution in [0.3, 0.4) is 0 Å². The van der Waals surface area contributed by atoms with Crippen LogP contribution in [0.5, 0.6) is 5.75 Å². The van der Waals surface area contributed by atoms with Crippen LogP contribution in [0.4, 0.5) is 5.69 Å². The molecule has 4 nitrogen and oxygen atoms in total. The first-order chi connectivity index (χ1) is 9.56. The van der Waals surface area contributed by atoms with Crippen LogP contribution >= 0.6 is 11.6 Å². The summed E-state index contributed by atoms with van der Waals surface area (Å²) >= 11 is 6.27. The van der Waals surface area contributed by atoms with E-state index >= 15 is 0 Å². The van der Waals surface area contributed by atoms with Crippen LogP contribution in [0.25, 0.3) is 0 Å². The van der Waals surface area contributed by atoms with Gasteiger partial charge < -0.3 is 15.8 Å². The number of hydrogen-bond acceptors (Lipinski definition) is 3. The molecule has 1 heterocycles. The lowest BCUT2D eigenvalue weighted by Crippen LogP contribution is -2.28. The summed E-state index contributed by atoms with van der Waals surface area (Å²) in [5, 5.41) is 3.28. The van der Waals surface area contributed by atoms with Crippen molar-refractivity contribution in [1.82, 2.24) is 0 Å². The molecule has 1 aromatic rings. The number of ether oxygens (including phenoxy) is 1. The van der Waals surface area contributed by atoms with Gasteiger partial charge in [-0.1, -0.05) is 24.9 Å². The third-order valence-corrected chi connectivity index (χ3v) is 4.59. The smallest absolute Gasteiger partial charge is 0.245 e. The maximum Gasteiger partial charge on any atom is 0.245 e. The molecule has 0 spiro atoms. The molecule has 5 heteroatoms. The van der Waals surface area contributed by atoms with Crippen LogP contribution in [0.15, 0.2) is 12.1 Å². The topological polar surface area (TPSA) is 64.3 Å². The van der Waals surface area contributed by atoms with E-state index in [1.807, 2.05) is 0 Å². The molecular weight excluding hydrogens is 276 g/mol. The van der Waals surface area contributed by atoms with Gasteiger partial charge in [-0.2, -0.15) is 0 Å². The van der Waals surface area contributed by atoms with Crippen molar-refractivity contribution in [2.45, 2.75) is 44.8 Å². The van der Waals surface area contributed by atoms with Crippen molar-refractivity contribution in [2.75, 3.05) is 5.32 Å². The summed E-state index contributed by atoms with van der Waals surface area (Å²) < 4.78 is 6.07. The molecule has 0 radical (unpaired) electrons. The molecule has 0 aromatic heterocycles. The monoisotopic (exact) mass is 294 g/mol. The summed E-state index contributed by atoms with van der Waals surface area (Å²) in [5.41, 5.74) is 7.26. The zero-order valence-corrected chi connectivity index (χ0v) is 12.2. The Morgan fingerprint density at radius 2 is 2.10 bits per heavy atom. The van der Waals surface area contributed by atoms with Crippen LogP contribution in [-0.2, 0) is 4.79 Å². The van der Waals surface area contributed by atoms with E-state index in [4.69, 9.17) is 22.1 Å². The standard InChI is InChI=1S/C15H19ClN2O2/c1-8-4-2-3-5-12(8)20-13-7-11-9(6-10(13)16)14(17)15(19)18-11/h6-8,12,14H,2-5,17H2,1H3,(H,18,19). The number of rotatable bonds is 2. The van der Waals surface area contributed by atoms with Crippen LogP contribution in [0.2, 0.25) is 5.02 Å². The number of carbonyl (C=O) groups excluding carboxylic acids is 1. The van der Waals surface area contributed by atoms with Crippen molar-refractivity contribution in [3.63, 3.8) is 0 Å². The van der Waals surface area contributed by atoms with Crippen LogP contribution in [0, 0.1) is 5.92 Å². The normalized spacial score (nSPS) is 28.9. The van der Waals surface area contributed by atoms with Crippen LogP contribution < -0.4 is 15.8 Å². The zero-order valence-electron chi connectivity index (χ0n) is 11.5. The van der Waals surface area contributed by atoms with Crippen LogP contribution in [0.1, 0.15) is 44.2 Å².